The van der Waals surface area contributed by atoms with Crippen molar-refractivity contribution in [2.24, 2.45) is 0 Å². The van der Waals surface area contributed by atoms with Gasteiger partial charge in [-0.05, 0) is 18.2 Å². The lowest BCUT2D eigenvalue weighted by Crippen LogP contribution is -1.94. The third-order valence-corrected chi connectivity index (χ3v) is 1.46. The second kappa shape index (κ2) is 3.89. The number of hydrogen-bond acceptors (Lipinski definition) is 3. The Labute approximate surface area is 75.0 Å². The van der Waals surface area contributed by atoms with Crippen molar-refractivity contribution in [2.45, 2.75) is 0 Å². The minimum absolute atomic E-state index is 0.239. The Morgan fingerprint density at radius 1 is 1.15 bits per heavy atom. The van der Waals surface area contributed by atoms with Crippen molar-refractivity contribution < 1.29 is 4.79 Å². The third kappa shape index (κ3) is 1.82. The molecule has 0 aliphatic heterocycles. The predicted molar refractivity (Wildman–Crippen MR) is 45.2 cm³/mol. The van der Waals surface area contributed by atoms with Gasteiger partial charge in [-0.1, -0.05) is 0 Å². The Hall–Kier alpha value is -2.33. The topological polar surface area (TPSA) is 76.7 Å². The Bertz CT molecular complexity index is 412. The van der Waals surface area contributed by atoms with Gasteiger partial charge in [0.2, 0.25) is 0 Å². The monoisotopic (exact) mass is 170 g/mol. The fourth-order valence-electron chi connectivity index (χ4n) is 0.871. The van der Waals surface area contributed by atoms with E-state index in [1.807, 2.05) is 12.1 Å². The van der Waals surface area contributed by atoms with Crippen LogP contribution in [0, 0.1) is 22.7 Å². The summed E-state index contributed by atoms with van der Waals surface area (Å²) in [6.07, 6.45) is 1.48. The highest BCUT2D eigenvalue weighted by Gasteiger charge is 2.01. The van der Waals surface area contributed by atoms with E-state index in [1.165, 1.54) is 24.6 Å². The van der Waals surface area contributed by atoms with Crippen LogP contribution in [0.3, 0.4) is 0 Å². The highest BCUT2D eigenvalue weighted by molar-refractivity contribution is 5.73. The summed E-state index contributed by atoms with van der Waals surface area (Å²) >= 11 is 0. The summed E-state index contributed by atoms with van der Waals surface area (Å²) in [4.78, 5) is 9.94. The molecule has 0 aliphatic carbocycles. The van der Waals surface area contributed by atoms with E-state index >= 15 is 0 Å². The summed E-state index contributed by atoms with van der Waals surface area (Å²) in [7, 11) is 0. The second-order valence-electron chi connectivity index (χ2n) is 2.21. The van der Waals surface area contributed by atoms with Gasteiger partial charge in [0.25, 0.3) is 0 Å². The summed E-state index contributed by atoms with van der Waals surface area (Å²) in [5, 5.41) is 19.5. The van der Waals surface area contributed by atoms with Crippen molar-refractivity contribution in [3.05, 3.63) is 29.3 Å². The van der Waals surface area contributed by atoms with Gasteiger partial charge in [0.15, 0.2) is 0 Å². The molecule has 4 nitrogen and oxygen atoms in total. The van der Waals surface area contributed by atoms with E-state index in [4.69, 9.17) is 10.5 Å². The first-order valence-electron chi connectivity index (χ1n) is 3.39. The number of nitriles is 2. The van der Waals surface area contributed by atoms with Gasteiger partial charge < -0.3 is 5.32 Å². The Morgan fingerprint density at radius 2 is 1.85 bits per heavy atom. The first-order valence-corrected chi connectivity index (χ1v) is 3.39. The zero-order chi connectivity index (χ0) is 9.68. The molecule has 0 unspecified atom stereocenters. The molecular formula is C9H4N3O. The van der Waals surface area contributed by atoms with E-state index in [0.29, 0.717) is 11.3 Å². The normalized spacial score (nSPS) is 8.15. The van der Waals surface area contributed by atoms with Crippen molar-refractivity contribution in [2.75, 3.05) is 5.32 Å². The van der Waals surface area contributed by atoms with E-state index < -0.39 is 0 Å². The molecule has 0 spiro atoms. The van der Waals surface area contributed by atoms with E-state index in [2.05, 4.69) is 5.32 Å². The first-order chi connectivity index (χ1) is 6.31. The third-order valence-electron chi connectivity index (χ3n) is 1.46. The van der Waals surface area contributed by atoms with Crippen LogP contribution >= 0.6 is 0 Å². The molecule has 1 amide bonds. The Balaban J connectivity index is 3.16. The first kappa shape index (κ1) is 8.76. The number of rotatable bonds is 2. The summed E-state index contributed by atoms with van der Waals surface area (Å²) in [5.74, 6) is 0. The molecule has 1 rings (SSSR count). The van der Waals surface area contributed by atoms with Gasteiger partial charge >= 0.3 is 6.41 Å². The molecule has 0 atom stereocenters. The fraction of sp³-hybridized carbons (Fsp3) is 0. The Morgan fingerprint density at radius 3 is 2.38 bits per heavy atom. The second-order valence-corrected chi connectivity index (χ2v) is 2.21. The largest absolute Gasteiger partial charge is 0.318 e. The molecule has 0 heterocycles. The molecule has 0 saturated carbocycles. The molecule has 61 valence electrons. The van der Waals surface area contributed by atoms with Gasteiger partial charge in [-0.3, -0.25) is 4.79 Å². The molecule has 1 radical (unpaired) electrons. The van der Waals surface area contributed by atoms with Crippen molar-refractivity contribution in [3.63, 3.8) is 0 Å². The maximum Gasteiger partial charge on any atom is 0.314 e. The molecule has 0 saturated heterocycles. The zero-order valence-electron chi connectivity index (χ0n) is 6.53. The highest BCUT2D eigenvalue weighted by atomic mass is 16.1. The van der Waals surface area contributed by atoms with Gasteiger partial charge in [-0.2, -0.15) is 10.5 Å². The zero-order valence-corrected chi connectivity index (χ0v) is 6.53. The molecule has 0 bridgehead atoms. The SMILES string of the molecule is N#Cc1ccc(N[C]=O)cc1C#N. The van der Waals surface area contributed by atoms with Crippen LogP contribution in [0.5, 0.6) is 0 Å². The van der Waals surface area contributed by atoms with Crippen molar-refractivity contribution in [3.8, 4) is 12.1 Å². The van der Waals surface area contributed by atoms with Gasteiger partial charge in [0.1, 0.15) is 12.1 Å². The van der Waals surface area contributed by atoms with Crippen LogP contribution in [0.2, 0.25) is 0 Å². The van der Waals surface area contributed by atoms with Crippen LogP contribution in [-0.4, -0.2) is 6.41 Å². The average Bonchev–Trinajstić information content (AvgIpc) is 2.18. The summed E-state index contributed by atoms with van der Waals surface area (Å²) < 4.78 is 0. The number of nitrogens with one attached hydrogen (secondary N) is 1. The van der Waals surface area contributed by atoms with Crippen molar-refractivity contribution in [1.29, 1.82) is 10.5 Å². The van der Waals surface area contributed by atoms with Crippen molar-refractivity contribution >= 4 is 12.1 Å². The Kier molecular flexibility index (Phi) is 2.62. The maximum absolute atomic E-state index is 9.94. The number of carbonyl (C=O) groups excluding carboxylic acids is 1. The molecule has 0 aromatic heterocycles. The van der Waals surface area contributed by atoms with E-state index in [0.717, 1.165) is 0 Å². The molecule has 4 heteroatoms. The van der Waals surface area contributed by atoms with Gasteiger partial charge in [0, 0.05) is 5.69 Å². The van der Waals surface area contributed by atoms with Crippen LogP contribution in [-0.2, 0) is 4.79 Å². The number of nitrogens with zero attached hydrogens (tertiary/aromatic N) is 2. The smallest absolute Gasteiger partial charge is 0.314 e. The molecule has 0 aliphatic rings. The number of amides is 1. The summed E-state index contributed by atoms with van der Waals surface area (Å²) in [5.41, 5.74) is 0.979. The van der Waals surface area contributed by atoms with Crippen LogP contribution in [0.1, 0.15) is 11.1 Å². The lowest BCUT2D eigenvalue weighted by Gasteiger charge is -1.98. The standard InChI is InChI=1S/C9H4N3O/c10-4-7-1-2-9(12-6-13)3-8(7)5-11/h1-3H,(H,12,13). The van der Waals surface area contributed by atoms with Gasteiger partial charge in [0.05, 0.1) is 11.1 Å². The highest BCUT2D eigenvalue weighted by Crippen LogP contribution is 2.13. The van der Waals surface area contributed by atoms with Crippen LogP contribution < -0.4 is 5.32 Å². The summed E-state index contributed by atoms with van der Waals surface area (Å²) in [6.45, 7) is 0. The molecular weight excluding hydrogens is 166 g/mol. The van der Waals surface area contributed by atoms with Crippen LogP contribution in [0.4, 0.5) is 5.69 Å². The molecule has 1 aromatic carbocycles. The van der Waals surface area contributed by atoms with Crippen LogP contribution in [0.25, 0.3) is 0 Å². The lowest BCUT2D eigenvalue weighted by atomic mass is 10.1. The summed E-state index contributed by atoms with van der Waals surface area (Å²) in [6, 6.07) is 8.14. The molecule has 13 heavy (non-hydrogen) atoms. The molecule has 1 aromatic rings. The lowest BCUT2D eigenvalue weighted by molar-refractivity contribution is 0.561. The van der Waals surface area contributed by atoms with Crippen molar-refractivity contribution in [1.82, 2.24) is 0 Å². The quantitative estimate of drug-likeness (QED) is 0.670. The number of benzene rings is 1. The van der Waals surface area contributed by atoms with Gasteiger partial charge in [-0.15, -0.1) is 0 Å². The minimum Gasteiger partial charge on any atom is -0.318 e. The minimum atomic E-state index is 0.239. The van der Waals surface area contributed by atoms with E-state index in [9.17, 15) is 4.79 Å². The predicted octanol–water partition coefficient (Wildman–Crippen LogP) is 0.909. The fourth-order valence-corrected chi connectivity index (χ4v) is 0.871. The number of hydrogen-bond donors (Lipinski definition) is 1. The molecule has 1 N–H and O–H groups in total. The van der Waals surface area contributed by atoms with E-state index in [-0.39, 0.29) is 5.56 Å². The maximum atomic E-state index is 9.94. The molecule has 0 fully saturated rings. The van der Waals surface area contributed by atoms with Crippen LogP contribution in [0.15, 0.2) is 18.2 Å². The van der Waals surface area contributed by atoms with E-state index in [1.54, 1.807) is 0 Å². The average molecular weight is 170 g/mol. The number of anilines is 1. The van der Waals surface area contributed by atoms with Gasteiger partial charge in [-0.25, -0.2) is 0 Å².